The Balaban J connectivity index is 2.14. The molecule has 1 saturated heterocycles. The summed E-state index contributed by atoms with van der Waals surface area (Å²) >= 11 is 0. The van der Waals surface area contributed by atoms with E-state index in [9.17, 15) is 4.79 Å². The average Bonchev–Trinajstić information content (AvgIpc) is 2.87. The summed E-state index contributed by atoms with van der Waals surface area (Å²) in [5.41, 5.74) is 0.678. The molecular formula is C16H26N4O. The quantitative estimate of drug-likeness (QED) is 0.900. The molecule has 2 rings (SSSR count). The summed E-state index contributed by atoms with van der Waals surface area (Å²) in [6.07, 6.45) is 2.73. The van der Waals surface area contributed by atoms with Gasteiger partial charge in [-0.25, -0.2) is 4.98 Å². The number of carbonyl (C=O) groups excluding carboxylic acids is 1. The number of aromatic nitrogens is 1. The van der Waals surface area contributed by atoms with Crippen molar-refractivity contribution >= 4 is 11.7 Å². The summed E-state index contributed by atoms with van der Waals surface area (Å²) in [4.78, 5) is 21.2. The molecule has 2 atom stereocenters. The molecule has 21 heavy (non-hydrogen) atoms. The summed E-state index contributed by atoms with van der Waals surface area (Å²) in [6, 6.07) is 4.12. The van der Waals surface area contributed by atoms with Crippen LogP contribution < -0.4 is 5.32 Å². The average molecular weight is 290 g/mol. The van der Waals surface area contributed by atoms with Crippen molar-refractivity contribution in [3.63, 3.8) is 0 Å². The highest BCUT2D eigenvalue weighted by Crippen LogP contribution is 2.23. The van der Waals surface area contributed by atoms with E-state index in [0.29, 0.717) is 23.3 Å². The molecule has 1 aromatic rings. The highest BCUT2D eigenvalue weighted by molar-refractivity contribution is 5.98. The number of likely N-dealkylation sites (tertiary alicyclic amines) is 1. The highest BCUT2D eigenvalue weighted by Gasteiger charge is 2.34. The van der Waals surface area contributed by atoms with E-state index in [1.54, 1.807) is 6.20 Å². The van der Waals surface area contributed by atoms with Gasteiger partial charge in [0.05, 0.1) is 5.56 Å². The fraction of sp³-hybridized carbons (Fsp3) is 0.625. The number of pyridine rings is 1. The van der Waals surface area contributed by atoms with Crippen molar-refractivity contribution in [3.05, 3.63) is 23.9 Å². The van der Waals surface area contributed by atoms with E-state index in [1.165, 1.54) is 0 Å². The molecule has 1 amide bonds. The second kappa shape index (κ2) is 6.89. The molecular weight excluding hydrogens is 264 g/mol. The first-order valence-corrected chi connectivity index (χ1v) is 7.69. The summed E-state index contributed by atoms with van der Waals surface area (Å²) in [5.74, 6) is 1.27. The van der Waals surface area contributed by atoms with E-state index >= 15 is 0 Å². The molecule has 116 valence electrons. The van der Waals surface area contributed by atoms with Gasteiger partial charge in [0.25, 0.3) is 5.91 Å². The topological polar surface area (TPSA) is 48.5 Å². The largest absolute Gasteiger partial charge is 0.369 e. The molecule has 0 radical (unpaired) electrons. The van der Waals surface area contributed by atoms with Crippen LogP contribution >= 0.6 is 0 Å². The molecule has 0 spiro atoms. The fourth-order valence-electron chi connectivity index (χ4n) is 2.92. The third-order valence-electron chi connectivity index (χ3n) is 4.10. The van der Waals surface area contributed by atoms with Gasteiger partial charge in [-0.3, -0.25) is 4.79 Å². The molecule has 1 fully saturated rings. The maximum atomic E-state index is 12.8. The number of nitrogens with zero attached hydrogens (tertiary/aromatic N) is 3. The van der Waals surface area contributed by atoms with Crippen LogP contribution in [0.1, 0.15) is 30.6 Å². The summed E-state index contributed by atoms with van der Waals surface area (Å²) in [7, 11) is 4.15. The van der Waals surface area contributed by atoms with Gasteiger partial charge in [0.1, 0.15) is 5.82 Å². The van der Waals surface area contributed by atoms with Crippen LogP contribution in [0.4, 0.5) is 5.82 Å². The minimum atomic E-state index is 0.0814. The fourth-order valence-corrected chi connectivity index (χ4v) is 2.92. The lowest BCUT2D eigenvalue weighted by molar-refractivity contribution is 0.0782. The first-order valence-electron chi connectivity index (χ1n) is 7.69. The lowest BCUT2D eigenvalue weighted by Crippen LogP contribution is -2.36. The number of nitrogens with one attached hydrogen (secondary N) is 1. The predicted octanol–water partition coefficient (Wildman–Crippen LogP) is 1.93. The summed E-state index contributed by atoms with van der Waals surface area (Å²) < 4.78 is 0. The van der Waals surface area contributed by atoms with Crippen molar-refractivity contribution in [1.82, 2.24) is 14.8 Å². The van der Waals surface area contributed by atoms with Gasteiger partial charge in [0.2, 0.25) is 0 Å². The standard InChI is InChI=1S/C16H26N4O/c1-5-8-17-15-13(7-6-9-18-15)16(21)20-10-12(2)14(11-20)19(3)4/h6-7,9,12,14H,5,8,10-11H2,1-4H3,(H,17,18). The van der Waals surface area contributed by atoms with Crippen LogP contribution in [-0.2, 0) is 0 Å². The Bertz CT molecular complexity index is 489. The normalized spacial score (nSPS) is 21.9. The molecule has 0 aliphatic carbocycles. The van der Waals surface area contributed by atoms with Crippen LogP contribution in [0.15, 0.2) is 18.3 Å². The monoisotopic (exact) mass is 290 g/mol. The van der Waals surface area contributed by atoms with Gasteiger partial charge in [-0.15, -0.1) is 0 Å². The molecule has 1 aliphatic rings. The molecule has 2 heterocycles. The van der Waals surface area contributed by atoms with Crippen LogP contribution in [-0.4, -0.2) is 60.5 Å². The third kappa shape index (κ3) is 3.53. The second-order valence-electron chi connectivity index (χ2n) is 6.04. The highest BCUT2D eigenvalue weighted by atomic mass is 16.2. The minimum Gasteiger partial charge on any atom is -0.369 e. The van der Waals surface area contributed by atoms with Crippen LogP contribution in [0.25, 0.3) is 0 Å². The minimum absolute atomic E-state index is 0.0814. The Kier molecular flexibility index (Phi) is 5.17. The zero-order chi connectivity index (χ0) is 15.4. The number of hydrogen-bond acceptors (Lipinski definition) is 4. The number of rotatable bonds is 5. The lowest BCUT2D eigenvalue weighted by Gasteiger charge is -2.22. The van der Waals surface area contributed by atoms with Crippen molar-refractivity contribution in [3.8, 4) is 0 Å². The smallest absolute Gasteiger partial charge is 0.257 e. The zero-order valence-corrected chi connectivity index (χ0v) is 13.5. The first kappa shape index (κ1) is 15.8. The van der Waals surface area contributed by atoms with Gasteiger partial charge in [-0.1, -0.05) is 13.8 Å². The summed E-state index contributed by atoms with van der Waals surface area (Å²) in [6.45, 7) is 6.73. The molecule has 5 nitrogen and oxygen atoms in total. The maximum absolute atomic E-state index is 12.8. The Labute approximate surface area is 127 Å². The molecule has 1 aliphatic heterocycles. The Morgan fingerprint density at radius 2 is 2.24 bits per heavy atom. The Hall–Kier alpha value is -1.62. The van der Waals surface area contributed by atoms with E-state index in [0.717, 1.165) is 26.1 Å². The van der Waals surface area contributed by atoms with Crippen molar-refractivity contribution in [2.45, 2.75) is 26.3 Å². The summed E-state index contributed by atoms with van der Waals surface area (Å²) in [5, 5.41) is 3.24. The molecule has 5 heteroatoms. The number of likely N-dealkylation sites (N-methyl/N-ethyl adjacent to an activating group) is 1. The van der Waals surface area contributed by atoms with Gasteiger partial charge in [0, 0.05) is 31.9 Å². The van der Waals surface area contributed by atoms with E-state index in [-0.39, 0.29) is 5.91 Å². The number of anilines is 1. The number of carbonyl (C=O) groups is 1. The lowest BCUT2D eigenvalue weighted by atomic mass is 10.1. The van der Waals surface area contributed by atoms with Crippen molar-refractivity contribution in [1.29, 1.82) is 0 Å². The van der Waals surface area contributed by atoms with Crippen LogP contribution in [0.2, 0.25) is 0 Å². The first-order chi connectivity index (χ1) is 10.0. The Morgan fingerprint density at radius 3 is 2.86 bits per heavy atom. The number of amides is 1. The third-order valence-corrected chi connectivity index (χ3v) is 4.10. The zero-order valence-electron chi connectivity index (χ0n) is 13.5. The van der Waals surface area contributed by atoms with Crippen molar-refractivity contribution in [2.24, 2.45) is 5.92 Å². The molecule has 0 bridgehead atoms. The van der Waals surface area contributed by atoms with Crippen LogP contribution in [0, 0.1) is 5.92 Å². The van der Waals surface area contributed by atoms with Crippen molar-refractivity contribution in [2.75, 3.05) is 39.0 Å². The molecule has 0 saturated carbocycles. The van der Waals surface area contributed by atoms with Gasteiger partial charge in [-0.2, -0.15) is 0 Å². The molecule has 0 aromatic carbocycles. The van der Waals surface area contributed by atoms with E-state index in [4.69, 9.17) is 0 Å². The van der Waals surface area contributed by atoms with Crippen molar-refractivity contribution < 1.29 is 4.79 Å². The van der Waals surface area contributed by atoms with Crippen LogP contribution in [0.3, 0.4) is 0 Å². The van der Waals surface area contributed by atoms with Gasteiger partial charge >= 0.3 is 0 Å². The van der Waals surface area contributed by atoms with Gasteiger partial charge in [-0.05, 0) is 38.6 Å². The SMILES string of the molecule is CCCNc1ncccc1C(=O)N1CC(C)C(N(C)C)C1. The van der Waals surface area contributed by atoms with Crippen LogP contribution in [0.5, 0.6) is 0 Å². The van der Waals surface area contributed by atoms with E-state index in [2.05, 4.69) is 43.1 Å². The van der Waals surface area contributed by atoms with E-state index < -0.39 is 0 Å². The maximum Gasteiger partial charge on any atom is 0.257 e. The molecule has 1 N–H and O–H groups in total. The van der Waals surface area contributed by atoms with Gasteiger partial charge in [0.15, 0.2) is 0 Å². The second-order valence-corrected chi connectivity index (χ2v) is 6.04. The Morgan fingerprint density at radius 1 is 1.48 bits per heavy atom. The predicted molar refractivity (Wildman–Crippen MR) is 85.6 cm³/mol. The number of hydrogen-bond donors (Lipinski definition) is 1. The van der Waals surface area contributed by atoms with Gasteiger partial charge < -0.3 is 15.1 Å². The molecule has 1 aromatic heterocycles. The molecule has 2 unspecified atom stereocenters. The van der Waals surface area contributed by atoms with E-state index in [1.807, 2.05) is 17.0 Å².